The quantitative estimate of drug-likeness (QED) is 0.764. The van der Waals surface area contributed by atoms with Crippen molar-refractivity contribution in [2.45, 2.75) is 19.0 Å². The zero-order valence-corrected chi connectivity index (χ0v) is 10.9. The van der Waals surface area contributed by atoms with E-state index in [4.69, 9.17) is 10.8 Å². The van der Waals surface area contributed by atoms with Gasteiger partial charge in [-0.05, 0) is 16.3 Å². The van der Waals surface area contributed by atoms with E-state index in [1.54, 1.807) is 0 Å². The second-order valence-corrected chi connectivity index (χ2v) is 4.56. The Morgan fingerprint density at radius 3 is 2.60 bits per heavy atom. The Morgan fingerprint density at radius 2 is 1.85 bits per heavy atom. The van der Waals surface area contributed by atoms with Crippen molar-refractivity contribution in [1.29, 1.82) is 0 Å². The zero-order valence-electron chi connectivity index (χ0n) is 10.9. The fraction of sp³-hybridized carbons (Fsp3) is 0.200. The van der Waals surface area contributed by atoms with Gasteiger partial charge in [0.15, 0.2) is 0 Å². The largest absolute Gasteiger partial charge is 0.481 e. The summed E-state index contributed by atoms with van der Waals surface area (Å²) in [5.74, 6) is -1.54. The molecule has 20 heavy (non-hydrogen) atoms. The molecule has 0 radical (unpaired) electrons. The van der Waals surface area contributed by atoms with Crippen LogP contribution in [0, 0.1) is 0 Å². The molecule has 2 rings (SSSR count). The van der Waals surface area contributed by atoms with E-state index in [1.807, 2.05) is 42.5 Å². The maximum Gasteiger partial charge on any atom is 0.305 e. The third kappa shape index (κ3) is 3.33. The molecule has 0 saturated heterocycles. The van der Waals surface area contributed by atoms with E-state index >= 15 is 0 Å². The average molecular weight is 272 g/mol. The van der Waals surface area contributed by atoms with E-state index in [-0.39, 0.29) is 6.42 Å². The van der Waals surface area contributed by atoms with Gasteiger partial charge < -0.3 is 16.2 Å². The van der Waals surface area contributed by atoms with Crippen LogP contribution in [0.1, 0.15) is 12.0 Å². The van der Waals surface area contributed by atoms with Crippen LogP contribution in [-0.4, -0.2) is 23.0 Å². The molecule has 1 unspecified atom stereocenters. The van der Waals surface area contributed by atoms with Crippen LogP contribution in [0.5, 0.6) is 0 Å². The van der Waals surface area contributed by atoms with Crippen molar-refractivity contribution in [2.24, 2.45) is 5.73 Å². The molecule has 2 aromatic carbocycles. The van der Waals surface area contributed by atoms with E-state index in [9.17, 15) is 9.59 Å². The van der Waals surface area contributed by atoms with Crippen LogP contribution in [0.2, 0.25) is 0 Å². The summed E-state index contributed by atoms with van der Waals surface area (Å²) in [6.45, 7) is 0.327. The minimum absolute atomic E-state index is 0.327. The highest BCUT2D eigenvalue weighted by molar-refractivity contribution is 5.88. The monoisotopic (exact) mass is 272 g/mol. The number of carboxylic acid groups (broad SMARTS) is 1. The van der Waals surface area contributed by atoms with Crippen molar-refractivity contribution in [1.82, 2.24) is 5.32 Å². The molecule has 0 spiro atoms. The predicted octanol–water partition coefficient (Wildman–Crippen LogP) is 1.26. The molecular weight excluding hydrogens is 256 g/mol. The first-order chi connectivity index (χ1) is 9.58. The molecule has 0 heterocycles. The van der Waals surface area contributed by atoms with Gasteiger partial charge >= 0.3 is 5.97 Å². The third-order valence-corrected chi connectivity index (χ3v) is 3.06. The van der Waals surface area contributed by atoms with Crippen LogP contribution >= 0.6 is 0 Å². The minimum atomic E-state index is -1.09. The van der Waals surface area contributed by atoms with Gasteiger partial charge in [0.2, 0.25) is 5.91 Å². The van der Waals surface area contributed by atoms with Crippen molar-refractivity contribution >= 4 is 22.6 Å². The molecule has 0 aliphatic heterocycles. The van der Waals surface area contributed by atoms with Gasteiger partial charge in [-0.3, -0.25) is 9.59 Å². The van der Waals surface area contributed by atoms with Gasteiger partial charge in [0.05, 0.1) is 12.5 Å². The lowest BCUT2D eigenvalue weighted by Crippen LogP contribution is -2.41. The number of amides is 1. The fourth-order valence-corrected chi connectivity index (χ4v) is 2.04. The Labute approximate surface area is 116 Å². The number of nitrogens with two attached hydrogens (primary N) is 1. The van der Waals surface area contributed by atoms with Gasteiger partial charge in [-0.2, -0.15) is 0 Å². The highest BCUT2D eigenvalue weighted by Crippen LogP contribution is 2.18. The van der Waals surface area contributed by atoms with Crippen LogP contribution in [0.25, 0.3) is 10.8 Å². The van der Waals surface area contributed by atoms with Gasteiger partial charge in [0.25, 0.3) is 0 Å². The molecule has 0 aliphatic rings. The van der Waals surface area contributed by atoms with Crippen LogP contribution in [0.4, 0.5) is 0 Å². The summed E-state index contributed by atoms with van der Waals surface area (Å²) in [5.41, 5.74) is 6.47. The maximum absolute atomic E-state index is 11.7. The van der Waals surface area contributed by atoms with E-state index in [0.29, 0.717) is 6.54 Å². The minimum Gasteiger partial charge on any atom is -0.481 e. The molecule has 4 N–H and O–H groups in total. The molecule has 0 aliphatic carbocycles. The molecule has 1 atom stereocenters. The number of rotatable bonds is 5. The number of hydrogen-bond acceptors (Lipinski definition) is 3. The van der Waals surface area contributed by atoms with E-state index in [1.165, 1.54) is 0 Å². The van der Waals surface area contributed by atoms with Gasteiger partial charge in [-0.1, -0.05) is 42.5 Å². The molecule has 104 valence electrons. The average Bonchev–Trinajstić information content (AvgIpc) is 2.44. The molecule has 5 nitrogen and oxygen atoms in total. The first kappa shape index (κ1) is 14.0. The van der Waals surface area contributed by atoms with Crippen LogP contribution in [0.15, 0.2) is 42.5 Å². The Hall–Kier alpha value is -2.40. The number of carbonyl (C=O) groups excluding carboxylic acids is 1. The van der Waals surface area contributed by atoms with Crippen LogP contribution < -0.4 is 11.1 Å². The summed E-state index contributed by atoms with van der Waals surface area (Å²) in [7, 11) is 0. The summed E-state index contributed by atoms with van der Waals surface area (Å²) in [4.78, 5) is 22.2. The lowest BCUT2D eigenvalue weighted by Gasteiger charge is -2.11. The Kier molecular flexibility index (Phi) is 4.32. The molecule has 2 aromatic rings. The van der Waals surface area contributed by atoms with Crippen molar-refractivity contribution in [3.8, 4) is 0 Å². The number of hydrogen-bond donors (Lipinski definition) is 3. The molecule has 0 bridgehead atoms. The SMILES string of the molecule is NC(CC(=O)O)C(=O)NCc1cccc2ccccc12. The standard InChI is InChI=1S/C15H16N2O3/c16-13(8-14(18)19)15(20)17-9-11-6-3-5-10-4-1-2-7-12(10)11/h1-7,13H,8-9,16H2,(H,17,20)(H,18,19). The first-order valence-corrected chi connectivity index (χ1v) is 6.29. The second-order valence-electron chi connectivity index (χ2n) is 4.56. The van der Waals surface area contributed by atoms with Crippen LogP contribution in [-0.2, 0) is 16.1 Å². The lowest BCUT2D eigenvalue weighted by molar-refractivity contribution is -0.139. The number of carboxylic acids is 1. The molecule has 0 saturated carbocycles. The maximum atomic E-state index is 11.7. The summed E-state index contributed by atoms with van der Waals surface area (Å²) in [6, 6.07) is 12.7. The number of benzene rings is 2. The summed E-state index contributed by atoms with van der Waals surface area (Å²) in [6.07, 6.45) is -0.374. The number of carbonyl (C=O) groups is 2. The topological polar surface area (TPSA) is 92.4 Å². The lowest BCUT2D eigenvalue weighted by atomic mass is 10.0. The summed E-state index contributed by atoms with van der Waals surface area (Å²) < 4.78 is 0. The molecule has 5 heteroatoms. The molecule has 0 fully saturated rings. The Balaban J connectivity index is 2.06. The summed E-state index contributed by atoms with van der Waals surface area (Å²) >= 11 is 0. The molecule has 0 aromatic heterocycles. The van der Waals surface area contributed by atoms with Crippen molar-refractivity contribution < 1.29 is 14.7 Å². The van der Waals surface area contributed by atoms with Gasteiger partial charge in [-0.25, -0.2) is 0 Å². The predicted molar refractivity (Wildman–Crippen MR) is 76.0 cm³/mol. The van der Waals surface area contributed by atoms with Gasteiger partial charge in [0, 0.05) is 6.54 Å². The van der Waals surface area contributed by atoms with E-state index in [0.717, 1.165) is 16.3 Å². The van der Waals surface area contributed by atoms with Crippen molar-refractivity contribution in [2.75, 3.05) is 0 Å². The van der Waals surface area contributed by atoms with Gasteiger partial charge in [-0.15, -0.1) is 0 Å². The fourth-order valence-electron chi connectivity index (χ4n) is 2.04. The van der Waals surface area contributed by atoms with Gasteiger partial charge in [0.1, 0.15) is 0 Å². The van der Waals surface area contributed by atoms with E-state index < -0.39 is 17.9 Å². The summed E-state index contributed by atoms with van der Waals surface area (Å²) in [5, 5.41) is 13.4. The molecular formula is C15H16N2O3. The zero-order chi connectivity index (χ0) is 14.5. The number of nitrogens with one attached hydrogen (secondary N) is 1. The number of aliphatic carboxylic acids is 1. The highest BCUT2D eigenvalue weighted by Gasteiger charge is 2.16. The van der Waals surface area contributed by atoms with Crippen molar-refractivity contribution in [3.05, 3.63) is 48.0 Å². The Bertz CT molecular complexity index is 635. The molecule has 1 amide bonds. The third-order valence-electron chi connectivity index (χ3n) is 3.06. The Morgan fingerprint density at radius 1 is 1.15 bits per heavy atom. The van der Waals surface area contributed by atoms with Crippen molar-refractivity contribution in [3.63, 3.8) is 0 Å². The van der Waals surface area contributed by atoms with Crippen LogP contribution in [0.3, 0.4) is 0 Å². The second kappa shape index (κ2) is 6.16. The van der Waals surface area contributed by atoms with E-state index in [2.05, 4.69) is 5.32 Å². The normalized spacial score (nSPS) is 12.1. The number of fused-ring (bicyclic) bond motifs is 1. The smallest absolute Gasteiger partial charge is 0.305 e. The first-order valence-electron chi connectivity index (χ1n) is 6.29. The highest BCUT2D eigenvalue weighted by atomic mass is 16.4.